The van der Waals surface area contributed by atoms with Crippen molar-refractivity contribution in [3.63, 3.8) is 0 Å². The van der Waals surface area contributed by atoms with Gasteiger partial charge in [-0.05, 0) is 36.3 Å². The van der Waals surface area contributed by atoms with Crippen LogP contribution in [0.1, 0.15) is 22.8 Å². The van der Waals surface area contributed by atoms with Crippen molar-refractivity contribution in [1.82, 2.24) is 0 Å². The maximum absolute atomic E-state index is 12.3. The van der Waals surface area contributed by atoms with Gasteiger partial charge in [0, 0.05) is 10.5 Å². The third-order valence-electron chi connectivity index (χ3n) is 3.13. The van der Waals surface area contributed by atoms with Gasteiger partial charge in [0.1, 0.15) is 0 Å². The topological polar surface area (TPSA) is 17.1 Å². The van der Waals surface area contributed by atoms with Gasteiger partial charge in [-0.2, -0.15) is 0 Å². The van der Waals surface area contributed by atoms with Crippen LogP contribution in [-0.2, 0) is 0 Å². The van der Waals surface area contributed by atoms with Crippen molar-refractivity contribution in [2.75, 3.05) is 0 Å². The number of thioether (sulfide) groups is 1. The molecule has 0 amide bonds. The summed E-state index contributed by atoms with van der Waals surface area (Å²) >= 11 is 1.55. The molecule has 0 saturated carbocycles. The van der Waals surface area contributed by atoms with Crippen molar-refractivity contribution < 1.29 is 4.79 Å². The Bertz CT molecular complexity index is 711. The summed E-state index contributed by atoms with van der Waals surface area (Å²) in [6.07, 6.45) is 4.06. The van der Waals surface area contributed by atoms with E-state index in [0.29, 0.717) is 0 Å². The van der Waals surface area contributed by atoms with Crippen molar-refractivity contribution in [3.05, 3.63) is 82.3 Å². The van der Waals surface area contributed by atoms with Crippen LogP contribution in [0.15, 0.2) is 76.0 Å². The summed E-state index contributed by atoms with van der Waals surface area (Å²) in [5.41, 5.74) is 3.05. The number of hydrogen-bond acceptors (Lipinski definition) is 2. The molecule has 0 saturated heterocycles. The molecule has 0 aliphatic carbocycles. The van der Waals surface area contributed by atoms with E-state index in [-0.39, 0.29) is 5.78 Å². The van der Waals surface area contributed by atoms with Crippen molar-refractivity contribution in [2.24, 2.45) is 0 Å². The van der Waals surface area contributed by atoms with Crippen LogP contribution >= 0.6 is 11.8 Å². The Kier molecular flexibility index (Phi) is 3.57. The molecule has 0 radical (unpaired) electrons. The fraction of sp³-hybridized carbons (Fsp3) is 0.0556. The standard InChI is InChI=1S/C18H14OS/c1-13(11-14-7-3-2-4-8-14)12-17-18(19)15-9-5-6-10-16(15)20-17/h2-12H,1H3/b13-11+,17-12-. The van der Waals surface area contributed by atoms with Crippen LogP contribution in [0, 0.1) is 0 Å². The van der Waals surface area contributed by atoms with Crippen molar-refractivity contribution in [2.45, 2.75) is 11.8 Å². The van der Waals surface area contributed by atoms with Crippen LogP contribution in [0.5, 0.6) is 0 Å². The first-order valence-electron chi connectivity index (χ1n) is 6.51. The lowest BCUT2D eigenvalue weighted by molar-refractivity contribution is 0.104. The summed E-state index contributed by atoms with van der Waals surface area (Å²) in [7, 11) is 0. The molecule has 0 spiro atoms. The second-order valence-corrected chi connectivity index (χ2v) is 5.82. The van der Waals surface area contributed by atoms with E-state index < -0.39 is 0 Å². The zero-order valence-electron chi connectivity index (χ0n) is 11.2. The van der Waals surface area contributed by atoms with Crippen molar-refractivity contribution in [3.8, 4) is 0 Å². The Balaban J connectivity index is 1.88. The van der Waals surface area contributed by atoms with E-state index in [1.54, 1.807) is 11.8 Å². The molecule has 0 bridgehead atoms. The lowest BCUT2D eigenvalue weighted by Gasteiger charge is -1.97. The molecule has 1 heterocycles. The molecule has 0 aromatic heterocycles. The van der Waals surface area contributed by atoms with E-state index in [2.05, 4.69) is 18.2 Å². The Morgan fingerprint density at radius 3 is 2.45 bits per heavy atom. The van der Waals surface area contributed by atoms with Gasteiger partial charge in [-0.1, -0.05) is 60.3 Å². The third-order valence-corrected chi connectivity index (χ3v) is 4.23. The monoisotopic (exact) mass is 278 g/mol. The van der Waals surface area contributed by atoms with Gasteiger partial charge in [-0.15, -0.1) is 0 Å². The quantitative estimate of drug-likeness (QED) is 0.722. The number of ketones is 1. The van der Waals surface area contributed by atoms with E-state index in [0.717, 1.165) is 26.5 Å². The first-order chi connectivity index (χ1) is 9.74. The molecular formula is C18H14OS. The van der Waals surface area contributed by atoms with E-state index in [1.165, 1.54) is 0 Å². The van der Waals surface area contributed by atoms with E-state index in [1.807, 2.05) is 55.5 Å². The summed E-state index contributed by atoms with van der Waals surface area (Å²) in [6.45, 7) is 2.02. The normalized spacial score (nSPS) is 16.6. The number of benzene rings is 2. The van der Waals surface area contributed by atoms with Crippen molar-refractivity contribution >= 4 is 23.6 Å². The number of carbonyl (C=O) groups is 1. The molecule has 98 valence electrons. The van der Waals surface area contributed by atoms with Gasteiger partial charge in [0.2, 0.25) is 5.78 Å². The number of carbonyl (C=O) groups excluding carboxylic acids is 1. The fourth-order valence-corrected chi connectivity index (χ4v) is 3.30. The molecule has 3 rings (SSSR count). The second kappa shape index (κ2) is 5.51. The molecule has 1 aliphatic heterocycles. The Hall–Kier alpha value is -2.06. The summed E-state index contributed by atoms with van der Waals surface area (Å²) in [4.78, 5) is 14.1. The minimum absolute atomic E-state index is 0.131. The maximum Gasteiger partial charge on any atom is 0.200 e. The number of Topliss-reactive ketones (excluding diaryl/α,β-unsaturated/α-hetero) is 1. The molecule has 20 heavy (non-hydrogen) atoms. The molecule has 0 fully saturated rings. The number of fused-ring (bicyclic) bond motifs is 1. The SMILES string of the molecule is CC(/C=C1\Sc2ccccc2C1=O)=C\c1ccccc1. The van der Waals surface area contributed by atoms with E-state index in [4.69, 9.17) is 0 Å². The third kappa shape index (κ3) is 2.61. The number of allylic oxidation sites excluding steroid dienone is 3. The fourth-order valence-electron chi connectivity index (χ4n) is 2.20. The minimum Gasteiger partial charge on any atom is -0.288 e. The van der Waals surface area contributed by atoms with Crippen LogP contribution < -0.4 is 0 Å². The molecule has 0 unspecified atom stereocenters. The Morgan fingerprint density at radius 1 is 1.00 bits per heavy atom. The Morgan fingerprint density at radius 2 is 1.70 bits per heavy atom. The van der Waals surface area contributed by atoms with Gasteiger partial charge < -0.3 is 0 Å². The number of rotatable bonds is 2. The minimum atomic E-state index is 0.131. The highest BCUT2D eigenvalue weighted by molar-refractivity contribution is 8.04. The average Bonchev–Trinajstić information content (AvgIpc) is 2.77. The van der Waals surface area contributed by atoms with Gasteiger partial charge in [0.15, 0.2) is 0 Å². The Labute approximate surface area is 123 Å². The van der Waals surface area contributed by atoms with E-state index in [9.17, 15) is 4.79 Å². The molecule has 2 aromatic carbocycles. The number of hydrogen-bond donors (Lipinski definition) is 0. The molecule has 1 nitrogen and oxygen atoms in total. The molecule has 1 aliphatic rings. The largest absolute Gasteiger partial charge is 0.288 e. The summed E-state index contributed by atoms with van der Waals surface area (Å²) in [5, 5.41) is 0. The molecule has 0 N–H and O–H groups in total. The highest BCUT2D eigenvalue weighted by Gasteiger charge is 2.24. The van der Waals surface area contributed by atoms with Crippen LogP contribution in [0.4, 0.5) is 0 Å². The van der Waals surface area contributed by atoms with Gasteiger partial charge in [0.25, 0.3) is 0 Å². The van der Waals surface area contributed by atoms with Gasteiger partial charge in [0.05, 0.1) is 4.91 Å². The van der Waals surface area contributed by atoms with Crippen LogP contribution in [0.2, 0.25) is 0 Å². The lowest BCUT2D eigenvalue weighted by Crippen LogP contribution is -1.93. The predicted molar refractivity (Wildman–Crippen MR) is 84.8 cm³/mol. The van der Waals surface area contributed by atoms with Crippen LogP contribution in [0.3, 0.4) is 0 Å². The summed E-state index contributed by atoms with van der Waals surface area (Å²) in [5.74, 6) is 0.131. The molecule has 2 aromatic rings. The zero-order chi connectivity index (χ0) is 13.9. The average molecular weight is 278 g/mol. The predicted octanol–water partition coefficient (Wildman–Crippen LogP) is 4.96. The highest BCUT2D eigenvalue weighted by atomic mass is 32.2. The highest BCUT2D eigenvalue weighted by Crippen LogP contribution is 2.40. The van der Waals surface area contributed by atoms with E-state index >= 15 is 0 Å². The first kappa shape index (κ1) is 12.9. The van der Waals surface area contributed by atoms with Crippen LogP contribution in [-0.4, -0.2) is 5.78 Å². The van der Waals surface area contributed by atoms with Crippen molar-refractivity contribution in [1.29, 1.82) is 0 Å². The molecule has 0 atom stereocenters. The smallest absolute Gasteiger partial charge is 0.200 e. The molecule has 2 heteroatoms. The summed E-state index contributed by atoms with van der Waals surface area (Å²) < 4.78 is 0. The zero-order valence-corrected chi connectivity index (χ0v) is 12.0. The summed E-state index contributed by atoms with van der Waals surface area (Å²) in [6, 6.07) is 17.9. The molecular weight excluding hydrogens is 264 g/mol. The van der Waals surface area contributed by atoms with Gasteiger partial charge in [-0.25, -0.2) is 0 Å². The van der Waals surface area contributed by atoms with Crippen LogP contribution in [0.25, 0.3) is 6.08 Å². The second-order valence-electron chi connectivity index (χ2n) is 4.73. The van der Waals surface area contributed by atoms with Gasteiger partial charge in [-0.3, -0.25) is 4.79 Å². The van der Waals surface area contributed by atoms with Gasteiger partial charge >= 0.3 is 0 Å². The first-order valence-corrected chi connectivity index (χ1v) is 7.32. The maximum atomic E-state index is 12.3. The lowest BCUT2D eigenvalue weighted by atomic mass is 10.1.